The van der Waals surface area contributed by atoms with E-state index in [9.17, 15) is 18.4 Å². The normalized spacial score (nSPS) is 11.2. The smallest absolute Gasteiger partial charge is 0.263 e. The van der Waals surface area contributed by atoms with E-state index >= 15 is 0 Å². The highest BCUT2D eigenvalue weighted by Gasteiger charge is 2.14. The van der Waals surface area contributed by atoms with Gasteiger partial charge in [-0.2, -0.15) is 5.21 Å². The molecule has 3 N–H and O–H groups in total. The molecule has 0 radical (unpaired) electrons. The van der Waals surface area contributed by atoms with Crippen LogP contribution < -0.4 is 10.9 Å². The van der Waals surface area contributed by atoms with Crippen molar-refractivity contribution < 1.29 is 13.6 Å². The fraction of sp³-hybridized carbons (Fsp3) is 0.0714. The number of H-pyrrole nitrogens is 2. The number of aromatic amines is 2. The number of amides is 1. The minimum atomic E-state index is -1.00. The SMILES string of the molecule is O=C(NCc1cccc(-c2c[nH]c3ncc(-c4nn[nH]n4)cc23)c1)c1cccn(Cc2ccc(F)c(F)c2)c1=O. The lowest BCUT2D eigenvalue weighted by molar-refractivity contribution is 0.0948. The molecular formula is C28H20F2N8O2. The topological polar surface area (TPSA) is 134 Å². The van der Waals surface area contributed by atoms with Crippen molar-refractivity contribution in [3.63, 3.8) is 0 Å². The number of aromatic nitrogens is 7. The summed E-state index contributed by atoms with van der Waals surface area (Å²) in [5, 5.41) is 17.7. The molecule has 0 aliphatic heterocycles. The molecule has 4 aromatic heterocycles. The number of nitrogens with one attached hydrogen (secondary N) is 3. The molecule has 0 fully saturated rings. The van der Waals surface area contributed by atoms with Crippen LogP contribution in [0.3, 0.4) is 0 Å². The molecular weight excluding hydrogens is 518 g/mol. The number of fused-ring (bicyclic) bond motifs is 1. The van der Waals surface area contributed by atoms with Crippen molar-refractivity contribution in [3.05, 3.63) is 118 Å². The zero-order chi connectivity index (χ0) is 27.6. The van der Waals surface area contributed by atoms with Crippen LogP contribution >= 0.6 is 0 Å². The Bertz CT molecular complexity index is 1910. The largest absolute Gasteiger partial charge is 0.348 e. The highest BCUT2D eigenvalue weighted by Crippen LogP contribution is 2.30. The third-order valence-corrected chi connectivity index (χ3v) is 6.43. The number of carbonyl (C=O) groups is 1. The Morgan fingerprint density at radius 1 is 0.975 bits per heavy atom. The van der Waals surface area contributed by atoms with E-state index in [1.165, 1.54) is 22.9 Å². The first kappa shape index (κ1) is 24.8. The van der Waals surface area contributed by atoms with Gasteiger partial charge in [0.05, 0.1) is 6.54 Å². The van der Waals surface area contributed by atoms with Crippen LogP contribution in [0.5, 0.6) is 0 Å². The molecule has 0 saturated heterocycles. The summed E-state index contributed by atoms with van der Waals surface area (Å²) in [5.41, 5.74) is 3.84. The van der Waals surface area contributed by atoms with Crippen LogP contribution in [0.2, 0.25) is 0 Å². The van der Waals surface area contributed by atoms with Gasteiger partial charge in [0.15, 0.2) is 11.6 Å². The lowest BCUT2D eigenvalue weighted by atomic mass is 10.0. The van der Waals surface area contributed by atoms with Crippen LogP contribution in [0, 0.1) is 11.6 Å². The first-order chi connectivity index (χ1) is 19.5. The number of benzene rings is 2. The maximum atomic E-state index is 13.6. The Hall–Kier alpha value is -5.52. The number of nitrogens with zero attached hydrogens (tertiary/aromatic N) is 5. The summed E-state index contributed by atoms with van der Waals surface area (Å²) in [6.45, 7) is 0.173. The quantitative estimate of drug-likeness (QED) is 0.283. The summed E-state index contributed by atoms with van der Waals surface area (Å²) in [5.74, 6) is -2.08. The van der Waals surface area contributed by atoms with E-state index in [1.807, 2.05) is 36.5 Å². The average Bonchev–Trinajstić information content (AvgIpc) is 3.65. The van der Waals surface area contributed by atoms with Gasteiger partial charge in [-0.3, -0.25) is 9.59 Å². The molecule has 40 heavy (non-hydrogen) atoms. The van der Waals surface area contributed by atoms with E-state index in [1.54, 1.807) is 12.3 Å². The monoisotopic (exact) mass is 538 g/mol. The zero-order valence-electron chi connectivity index (χ0n) is 20.7. The maximum Gasteiger partial charge on any atom is 0.263 e. The van der Waals surface area contributed by atoms with Crippen LogP contribution in [-0.4, -0.2) is 41.1 Å². The highest BCUT2D eigenvalue weighted by atomic mass is 19.2. The second kappa shape index (κ2) is 10.3. The molecule has 4 heterocycles. The van der Waals surface area contributed by atoms with E-state index < -0.39 is 23.1 Å². The molecule has 6 rings (SSSR count). The van der Waals surface area contributed by atoms with Crippen molar-refractivity contribution in [2.24, 2.45) is 0 Å². The van der Waals surface area contributed by atoms with Crippen LogP contribution in [0.25, 0.3) is 33.5 Å². The lowest BCUT2D eigenvalue weighted by Gasteiger charge is -2.10. The van der Waals surface area contributed by atoms with Crippen molar-refractivity contribution in [1.82, 2.24) is 40.5 Å². The Labute approximate surface area is 224 Å². The first-order valence-corrected chi connectivity index (χ1v) is 12.2. The number of hydrogen-bond acceptors (Lipinski definition) is 6. The molecule has 6 aromatic rings. The summed E-state index contributed by atoms with van der Waals surface area (Å²) in [7, 11) is 0. The molecule has 0 atom stereocenters. The molecule has 10 nitrogen and oxygen atoms in total. The molecule has 0 aliphatic rings. The summed E-state index contributed by atoms with van der Waals surface area (Å²) in [6.07, 6.45) is 5.01. The van der Waals surface area contributed by atoms with Gasteiger partial charge in [-0.25, -0.2) is 13.8 Å². The van der Waals surface area contributed by atoms with Gasteiger partial charge in [0.2, 0.25) is 5.82 Å². The van der Waals surface area contributed by atoms with E-state index in [4.69, 9.17) is 0 Å². The second-order valence-corrected chi connectivity index (χ2v) is 9.04. The standard InChI is InChI=1S/C28H20F2N8O2/c29-23-7-6-17(10-24(23)30)15-38-8-2-5-20(28(38)40)27(39)33-12-16-3-1-4-18(9-16)22-14-32-26-21(22)11-19(13-31-26)25-34-36-37-35-25/h1-11,13-14H,12,15H2,(H,31,32)(H,33,39)(H,34,35,36,37). The van der Waals surface area contributed by atoms with E-state index in [2.05, 4.69) is 35.9 Å². The molecule has 0 bridgehead atoms. The number of carbonyl (C=O) groups excluding carboxylic acids is 1. The Kier molecular flexibility index (Phi) is 6.40. The fourth-order valence-electron chi connectivity index (χ4n) is 4.44. The van der Waals surface area contributed by atoms with Crippen molar-refractivity contribution in [1.29, 1.82) is 0 Å². The van der Waals surface area contributed by atoms with Gasteiger partial charge < -0.3 is 14.9 Å². The molecule has 198 valence electrons. The van der Waals surface area contributed by atoms with Gasteiger partial charge in [-0.05, 0) is 58.3 Å². The Morgan fingerprint density at radius 3 is 2.70 bits per heavy atom. The molecule has 2 aromatic carbocycles. The minimum Gasteiger partial charge on any atom is -0.348 e. The van der Waals surface area contributed by atoms with Gasteiger partial charge in [0.25, 0.3) is 11.5 Å². The lowest BCUT2D eigenvalue weighted by Crippen LogP contribution is -2.32. The number of hydrogen-bond donors (Lipinski definition) is 3. The predicted molar refractivity (Wildman–Crippen MR) is 142 cm³/mol. The van der Waals surface area contributed by atoms with Gasteiger partial charge in [-0.1, -0.05) is 24.3 Å². The Balaban J connectivity index is 1.20. The second-order valence-electron chi connectivity index (χ2n) is 9.04. The molecule has 1 amide bonds. The fourth-order valence-corrected chi connectivity index (χ4v) is 4.44. The van der Waals surface area contributed by atoms with Crippen LogP contribution in [0.1, 0.15) is 21.5 Å². The third-order valence-electron chi connectivity index (χ3n) is 6.43. The predicted octanol–water partition coefficient (Wildman–Crippen LogP) is 3.83. The van der Waals surface area contributed by atoms with Gasteiger partial charge in [0, 0.05) is 41.6 Å². The van der Waals surface area contributed by atoms with Crippen LogP contribution in [-0.2, 0) is 13.1 Å². The van der Waals surface area contributed by atoms with Crippen molar-refractivity contribution in [2.45, 2.75) is 13.1 Å². The zero-order valence-corrected chi connectivity index (χ0v) is 20.7. The molecule has 0 aliphatic carbocycles. The number of pyridine rings is 2. The van der Waals surface area contributed by atoms with Crippen molar-refractivity contribution in [2.75, 3.05) is 0 Å². The van der Waals surface area contributed by atoms with E-state index in [0.717, 1.165) is 34.2 Å². The van der Waals surface area contributed by atoms with E-state index in [-0.39, 0.29) is 18.7 Å². The molecule has 0 spiro atoms. The number of halogens is 2. The van der Waals surface area contributed by atoms with Gasteiger partial charge in [0.1, 0.15) is 11.2 Å². The summed E-state index contributed by atoms with van der Waals surface area (Å²) >= 11 is 0. The highest BCUT2D eigenvalue weighted by molar-refractivity contribution is 5.96. The van der Waals surface area contributed by atoms with Gasteiger partial charge in [-0.15, -0.1) is 10.2 Å². The summed E-state index contributed by atoms with van der Waals surface area (Å²) in [4.78, 5) is 33.5. The van der Waals surface area contributed by atoms with Gasteiger partial charge >= 0.3 is 0 Å². The molecule has 12 heteroatoms. The van der Waals surface area contributed by atoms with Crippen molar-refractivity contribution >= 4 is 16.9 Å². The van der Waals surface area contributed by atoms with Crippen LogP contribution in [0.4, 0.5) is 8.78 Å². The summed E-state index contributed by atoms with van der Waals surface area (Å²) in [6, 6.07) is 16.0. The molecule has 0 unspecified atom stereocenters. The van der Waals surface area contributed by atoms with Crippen molar-refractivity contribution in [3.8, 4) is 22.5 Å². The summed E-state index contributed by atoms with van der Waals surface area (Å²) < 4.78 is 28.1. The minimum absolute atomic E-state index is 0.00683. The third kappa shape index (κ3) is 4.85. The molecule has 0 saturated carbocycles. The number of tetrazole rings is 1. The van der Waals surface area contributed by atoms with Crippen LogP contribution in [0.15, 0.2) is 84.0 Å². The first-order valence-electron chi connectivity index (χ1n) is 12.2. The number of rotatable bonds is 7. The Morgan fingerprint density at radius 2 is 1.88 bits per heavy atom. The van der Waals surface area contributed by atoms with E-state index in [0.29, 0.717) is 22.6 Å². The maximum absolute atomic E-state index is 13.6. The average molecular weight is 539 g/mol.